The molecule has 1 aliphatic heterocycles. The van der Waals surface area contributed by atoms with Gasteiger partial charge in [0, 0.05) is 21.1 Å². The molecule has 1 rings (SSSR count). The van der Waals surface area contributed by atoms with Gasteiger partial charge in [-0.25, -0.2) is 0 Å². The number of nitrogens with zero attached hydrogens (tertiary/aromatic N) is 1. The minimum Gasteiger partial charge on any atom is -0.354 e. The van der Waals surface area contributed by atoms with E-state index in [4.69, 9.17) is 8.71 Å². The van der Waals surface area contributed by atoms with Crippen LogP contribution in [0.2, 0.25) is 0 Å². The van der Waals surface area contributed by atoms with Gasteiger partial charge in [-0.2, -0.15) is 8.42 Å². The van der Waals surface area contributed by atoms with E-state index in [1.54, 1.807) is 0 Å². The van der Waals surface area contributed by atoms with Crippen LogP contribution in [0, 0.1) is 0 Å². The molecule has 0 aromatic heterocycles. The van der Waals surface area contributed by atoms with Crippen LogP contribution in [0.1, 0.15) is 25.7 Å². The van der Waals surface area contributed by atoms with Crippen molar-refractivity contribution >= 4 is 36.9 Å². The van der Waals surface area contributed by atoms with Gasteiger partial charge < -0.3 is 4.52 Å². The van der Waals surface area contributed by atoms with Crippen molar-refractivity contribution in [3.63, 3.8) is 0 Å². The molecule has 0 spiro atoms. The lowest BCUT2D eigenvalue weighted by Crippen LogP contribution is -2.43. The summed E-state index contributed by atoms with van der Waals surface area (Å²) >= 11 is 0. The fourth-order valence-electron chi connectivity index (χ4n) is 2.13. The quantitative estimate of drug-likeness (QED) is 0.404. The maximum Gasteiger partial charge on any atom is 0.264 e. The number of hydrogen-bond donors (Lipinski definition) is 0. The van der Waals surface area contributed by atoms with Crippen molar-refractivity contribution in [1.82, 2.24) is 4.67 Å². The Balaban J connectivity index is 2.36. The number of hydrogen-bond acceptors (Lipinski definition) is 5. The molecule has 108 valence electrons. The Labute approximate surface area is 116 Å². The molecule has 0 bridgehead atoms. The van der Waals surface area contributed by atoms with Gasteiger partial charge in [-0.05, 0) is 25.7 Å². The molecule has 0 amide bonds. The zero-order chi connectivity index (χ0) is 13.6. The zero-order valence-corrected chi connectivity index (χ0v) is 14.7. The molecule has 0 radical (unpaired) electrons. The highest BCUT2D eigenvalue weighted by Gasteiger charge is 2.29. The van der Waals surface area contributed by atoms with Crippen LogP contribution in [0.5, 0.6) is 0 Å². The number of rotatable bonds is 7. The van der Waals surface area contributed by atoms with E-state index in [1.807, 2.05) is 0 Å². The van der Waals surface area contributed by atoms with E-state index in [2.05, 4.69) is 23.0 Å². The van der Waals surface area contributed by atoms with Gasteiger partial charge in [-0.15, -0.1) is 0 Å². The van der Waals surface area contributed by atoms with Gasteiger partial charge in [-0.1, -0.05) is 18.3 Å². The van der Waals surface area contributed by atoms with Crippen molar-refractivity contribution in [3.05, 3.63) is 0 Å². The second kappa shape index (κ2) is 8.42. The van der Waals surface area contributed by atoms with Crippen LogP contribution < -0.4 is 0 Å². The molecule has 0 aromatic rings. The van der Waals surface area contributed by atoms with Gasteiger partial charge in [0.15, 0.2) is 0 Å². The highest BCUT2D eigenvalue weighted by molar-refractivity contribution is 8.00. The summed E-state index contributed by atoms with van der Waals surface area (Å²) in [6.07, 6.45) is 5.15. The molecule has 5 atom stereocenters. The van der Waals surface area contributed by atoms with E-state index < -0.39 is 10.1 Å². The van der Waals surface area contributed by atoms with Gasteiger partial charge in [0.05, 0.1) is 19.0 Å². The Bertz CT molecular complexity index is 339. The maximum absolute atomic E-state index is 10.9. The zero-order valence-electron chi connectivity index (χ0n) is 10.5. The lowest BCUT2D eigenvalue weighted by Gasteiger charge is -2.38. The van der Waals surface area contributed by atoms with E-state index in [9.17, 15) is 8.42 Å². The first-order chi connectivity index (χ1) is 8.44. The van der Waals surface area contributed by atoms with Crippen LogP contribution in [-0.2, 0) is 18.8 Å². The SMILES string of the molecule is CS(=O)(=O)OCCC[C@@H]1[C@@H](OPP)CCCN1P. The van der Waals surface area contributed by atoms with Crippen molar-refractivity contribution in [2.75, 3.05) is 19.4 Å². The average molecular weight is 333 g/mol. The molecule has 0 aromatic carbocycles. The van der Waals surface area contributed by atoms with E-state index in [1.165, 1.54) is 0 Å². The molecule has 9 heteroatoms. The Kier molecular flexibility index (Phi) is 8.03. The molecular weight excluding hydrogens is 311 g/mol. The van der Waals surface area contributed by atoms with Crippen molar-refractivity contribution in [3.8, 4) is 0 Å². The minimum absolute atomic E-state index is 0.241. The van der Waals surface area contributed by atoms with Gasteiger partial charge in [0.25, 0.3) is 10.1 Å². The van der Waals surface area contributed by atoms with Crippen molar-refractivity contribution in [2.24, 2.45) is 0 Å². The van der Waals surface area contributed by atoms with Crippen LogP contribution in [0.4, 0.5) is 0 Å². The third-order valence-corrected chi connectivity index (χ3v) is 5.00. The Morgan fingerprint density at radius 3 is 2.83 bits per heavy atom. The van der Waals surface area contributed by atoms with Crippen molar-refractivity contribution in [2.45, 2.75) is 37.8 Å². The molecule has 5 nitrogen and oxygen atoms in total. The second-order valence-corrected chi connectivity index (χ2v) is 7.88. The van der Waals surface area contributed by atoms with Crippen LogP contribution in [0.3, 0.4) is 0 Å². The minimum atomic E-state index is -3.32. The Hall–Kier alpha value is 1.12. The molecule has 0 N–H and O–H groups in total. The first-order valence-corrected chi connectivity index (χ1v) is 11.0. The van der Waals surface area contributed by atoms with Crippen LogP contribution in [0.15, 0.2) is 0 Å². The fraction of sp³-hybridized carbons (Fsp3) is 1.00. The Morgan fingerprint density at radius 1 is 1.50 bits per heavy atom. The van der Waals surface area contributed by atoms with Gasteiger partial charge >= 0.3 is 0 Å². The summed E-state index contributed by atoms with van der Waals surface area (Å²) < 4.78 is 34.4. The summed E-state index contributed by atoms with van der Waals surface area (Å²) in [6.45, 7) is 1.30. The molecule has 18 heavy (non-hydrogen) atoms. The van der Waals surface area contributed by atoms with E-state index in [0.29, 0.717) is 14.5 Å². The average Bonchev–Trinajstić information content (AvgIpc) is 2.26. The second-order valence-electron chi connectivity index (χ2n) is 4.39. The van der Waals surface area contributed by atoms with Crippen LogP contribution in [-0.4, -0.2) is 44.6 Å². The predicted octanol–water partition coefficient (Wildman–Crippen LogP) is 1.77. The lowest BCUT2D eigenvalue weighted by molar-refractivity contribution is 0.0843. The Morgan fingerprint density at radius 2 is 2.22 bits per heavy atom. The largest absolute Gasteiger partial charge is 0.354 e. The highest BCUT2D eigenvalue weighted by atomic mass is 32.2. The monoisotopic (exact) mass is 333 g/mol. The van der Waals surface area contributed by atoms with E-state index in [0.717, 1.165) is 38.5 Å². The predicted molar refractivity (Wildman–Crippen MR) is 82.4 cm³/mol. The number of piperidine rings is 1. The van der Waals surface area contributed by atoms with Gasteiger partial charge in [0.2, 0.25) is 0 Å². The van der Waals surface area contributed by atoms with Crippen LogP contribution in [0.25, 0.3) is 0 Å². The third kappa shape index (κ3) is 6.52. The molecule has 3 unspecified atom stereocenters. The topological polar surface area (TPSA) is 55.8 Å². The summed E-state index contributed by atoms with van der Waals surface area (Å²) in [5.41, 5.74) is 0. The van der Waals surface area contributed by atoms with Crippen LogP contribution >= 0.6 is 26.8 Å². The molecule has 1 fully saturated rings. The highest BCUT2D eigenvalue weighted by Crippen LogP contribution is 2.33. The molecule has 0 aliphatic carbocycles. The van der Waals surface area contributed by atoms with Crippen molar-refractivity contribution in [1.29, 1.82) is 0 Å². The smallest absolute Gasteiger partial charge is 0.264 e. The molecule has 1 saturated heterocycles. The lowest BCUT2D eigenvalue weighted by atomic mass is 9.97. The molecule has 1 aliphatic rings. The third-order valence-electron chi connectivity index (χ3n) is 2.92. The summed E-state index contributed by atoms with van der Waals surface area (Å²) in [5.74, 6) is 0. The fourth-order valence-corrected chi connectivity index (χ4v) is 4.04. The molecule has 1 heterocycles. The molecule has 0 saturated carbocycles. The first-order valence-electron chi connectivity index (χ1n) is 5.91. The summed E-state index contributed by atoms with van der Waals surface area (Å²) in [6, 6.07) is 0.333. The van der Waals surface area contributed by atoms with E-state index >= 15 is 0 Å². The summed E-state index contributed by atoms with van der Waals surface area (Å²) in [4.78, 5) is 0. The van der Waals surface area contributed by atoms with Gasteiger partial charge in [-0.3, -0.25) is 8.85 Å². The first kappa shape index (κ1) is 17.2. The standard InChI is InChI=1S/C9H22NO4P3S/c1-18(11,12)13-7-3-4-8-9(14-17-16)5-2-6-10(8)15/h8-9,17H,2-7,15-16H2,1H3/t8-,9+/m1/s1. The maximum atomic E-state index is 10.9. The van der Waals surface area contributed by atoms with Crippen molar-refractivity contribution < 1.29 is 17.1 Å². The van der Waals surface area contributed by atoms with E-state index in [-0.39, 0.29) is 12.7 Å². The van der Waals surface area contributed by atoms with Gasteiger partial charge in [0.1, 0.15) is 0 Å². The summed E-state index contributed by atoms with van der Waals surface area (Å²) in [5, 5.41) is 0. The summed E-state index contributed by atoms with van der Waals surface area (Å²) in [7, 11) is 2.45. The normalized spacial score (nSPS) is 27.1. The molecular formula is C9H22NO4P3S.